The summed E-state index contributed by atoms with van der Waals surface area (Å²) in [5.74, 6) is -0.274. The van der Waals surface area contributed by atoms with E-state index in [2.05, 4.69) is 11.4 Å². The van der Waals surface area contributed by atoms with Crippen LogP contribution in [-0.2, 0) is 6.42 Å². The summed E-state index contributed by atoms with van der Waals surface area (Å²) in [6.45, 7) is 0. The van der Waals surface area contributed by atoms with Gasteiger partial charge in [0.05, 0.1) is 6.10 Å². The van der Waals surface area contributed by atoms with Crippen LogP contribution in [0.3, 0.4) is 0 Å². The molecule has 1 N–H and O–H groups in total. The lowest BCUT2D eigenvalue weighted by atomic mass is 9.81. The van der Waals surface area contributed by atoms with Gasteiger partial charge in [0.25, 0.3) is 0 Å². The first kappa shape index (κ1) is 11.9. The van der Waals surface area contributed by atoms with Crippen molar-refractivity contribution in [1.29, 1.82) is 0 Å². The highest BCUT2D eigenvalue weighted by Gasteiger charge is 2.29. The van der Waals surface area contributed by atoms with Crippen LogP contribution in [0.5, 0.6) is 0 Å². The van der Waals surface area contributed by atoms with Gasteiger partial charge in [-0.2, -0.15) is 0 Å². The molecule has 3 heteroatoms. The van der Waals surface area contributed by atoms with Gasteiger partial charge >= 0.3 is 0 Å². The predicted molar refractivity (Wildman–Crippen MR) is 71.4 cm³/mol. The second-order valence-electron chi connectivity index (χ2n) is 4.76. The Morgan fingerprint density at radius 1 is 1.28 bits per heavy atom. The second kappa shape index (κ2) is 4.82. The Kier molecular flexibility index (Phi) is 3.18. The van der Waals surface area contributed by atoms with Gasteiger partial charge in [0.2, 0.25) is 0 Å². The largest absolute Gasteiger partial charge is 0.388 e. The maximum absolute atomic E-state index is 13.7. The van der Waals surface area contributed by atoms with E-state index in [1.54, 1.807) is 29.5 Å². The van der Waals surface area contributed by atoms with Crippen molar-refractivity contribution in [1.82, 2.24) is 0 Å². The van der Waals surface area contributed by atoms with Gasteiger partial charge in [0.1, 0.15) is 5.82 Å². The number of benzene rings is 1. The summed E-state index contributed by atoms with van der Waals surface area (Å²) in [6, 6.07) is 8.60. The molecule has 0 aliphatic heterocycles. The summed E-state index contributed by atoms with van der Waals surface area (Å²) in [5, 5.41) is 12.5. The minimum Gasteiger partial charge on any atom is -0.388 e. The van der Waals surface area contributed by atoms with Gasteiger partial charge in [0.15, 0.2) is 0 Å². The fraction of sp³-hybridized carbons (Fsp3) is 0.333. The lowest BCUT2D eigenvalue weighted by Crippen LogP contribution is -2.16. The third-order valence-electron chi connectivity index (χ3n) is 3.70. The summed E-state index contributed by atoms with van der Waals surface area (Å²) in [5.41, 5.74) is 1.63. The lowest BCUT2D eigenvalue weighted by Gasteiger charge is -2.27. The highest BCUT2D eigenvalue weighted by molar-refractivity contribution is 7.10. The molecule has 2 unspecified atom stereocenters. The van der Waals surface area contributed by atoms with E-state index in [9.17, 15) is 9.50 Å². The second-order valence-corrected chi connectivity index (χ2v) is 5.76. The van der Waals surface area contributed by atoms with Gasteiger partial charge in [-0.15, -0.1) is 11.3 Å². The Balaban J connectivity index is 1.95. The summed E-state index contributed by atoms with van der Waals surface area (Å²) >= 11 is 1.74. The Morgan fingerprint density at radius 2 is 2.11 bits per heavy atom. The molecule has 0 spiro atoms. The van der Waals surface area contributed by atoms with Crippen molar-refractivity contribution in [3.63, 3.8) is 0 Å². The molecule has 0 saturated carbocycles. The summed E-state index contributed by atoms with van der Waals surface area (Å²) in [4.78, 5) is 1.35. The molecular weight excluding hydrogens is 247 g/mol. The van der Waals surface area contributed by atoms with E-state index in [0.29, 0.717) is 5.56 Å². The molecule has 18 heavy (non-hydrogen) atoms. The average molecular weight is 262 g/mol. The zero-order chi connectivity index (χ0) is 12.5. The topological polar surface area (TPSA) is 20.2 Å². The molecular formula is C15H15FOS. The summed E-state index contributed by atoms with van der Waals surface area (Å²) in [7, 11) is 0. The van der Waals surface area contributed by atoms with Crippen LogP contribution in [0.1, 0.15) is 40.9 Å². The molecule has 1 aromatic carbocycles. The third kappa shape index (κ3) is 1.98. The summed E-state index contributed by atoms with van der Waals surface area (Å²) < 4.78 is 13.7. The predicted octanol–water partition coefficient (Wildman–Crippen LogP) is 4.04. The first-order valence-corrected chi connectivity index (χ1v) is 7.14. The number of hydrogen-bond acceptors (Lipinski definition) is 2. The molecule has 0 bridgehead atoms. The molecule has 3 rings (SSSR count). The van der Waals surface area contributed by atoms with E-state index in [1.807, 2.05) is 0 Å². The van der Waals surface area contributed by atoms with Crippen LogP contribution in [0, 0.1) is 5.82 Å². The standard InChI is InChI=1S/C15H15FOS/c16-13-6-2-1-4-12(13)15(17)11-5-3-7-14-10(11)8-9-18-14/h1-2,4,6,8-9,11,15,17H,3,5,7H2. The zero-order valence-electron chi connectivity index (χ0n) is 9.97. The zero-order valence-corrected chi connectivity index (χ0v) is 10.8. The Bertz CT molecular complexity index is 549. The van der Waals surface area contributed by atoms with Crippen LogP contribution in [0.4, 0.5) is 4.39 Å². The molecule has 1 aliphatic carbocycles. The van der Waals surface area contributed by atoms with Crippen LogP contribution in [0.25, 0.3) is 0 Å². The molecule has 0 saturated heterocycles. The van der Waals surface area contributed by atoms with Crippen LogP contribution < -0.4 is 0 Å². The van der Waals surface area contributed by atoms with E-state index in [4.69, 9.17) is 0 Å². The molecule has 0 fully saturated rings. The van der Waals surface area contributed by atoms with E-state index >= 15 is 0 Å². The van der Waals surface area contributed by atoms with Crippen molar-refractivity contribution >= 4 is 11.3 Å². The third-order valence-corrected chi connectivity index (χ3v) is 4.70. The normalized spacial score (nSPS) is 20.4. The van der Waals surface area contributed by atoms with Crippen LogP contribution in [0.2, 0.25) is 0 Å². The fourth-order valence-electron chi connectivity index (χ4n) is 2.78. The van der Waals surface area contributed by atoms with Crippen molar-refractivity contribution in [2.24, 2.45) is 0 Å². The van der Waals surface area contributed by atoms with Crippen molar-refractivity contribution in [3.05, 3.63) is 57.5 Å². The van der Waals surface area contributed by atoms with Gasteiger partial charge in [-0.05, 0) is 42.3 Å². The average Bonchev–Trinajstić information content (AvgIpc) is 2.86. The Hall–Kier alpha value is -1.19. The van der Waals surface area contributed by atoms with Gasteiger partial charge in [-0.1, -0.05) is 18.2 Å². The maximum Gasteiger partial charge on any atom is 0.129 e. The lowest BCUT2D eigenvalue weighted by molar-refractivity contribution is 0.132. The smallest absolute Gasteiger partial charge is 0.129 e. The highest BCUT2D eigenvalue weighted by atomic mass is 32.1. The highest BCUT2D eigenvalue weighted by Crippen LogP contribution is 2.42. The van der Waals surface area contributed by atoms with Crippen LogP contribution >= 0.6 is 11.3 Å². The fourth-order valence-corrected chi connectivity index (χ4v) is 3.78. The van der Waals surface area contributed by atoms with Gasteiger partial charge < -0.3 is 5.11 Å². The minimum absolute atomic E-state index is 0.0388. The molecule has 0 radical (unpaired) electrons. The Morgan fingerprint density at radius 3 is 2.94 bits per heavy atom. The maximum atomic E-state index is 13.7. The number of rotatable bonds is 2. The van der Waals surface area contributed by atoms with Crippen molar-refractivity contribution < 1.29 is 9.50 Å². The number of aliphatic hydroxyl groups excluding tert-OH is 1. The first-order chi connectivity index (χ1) is 8.77. The van der Waals surface area contributed by atoms with Gasteiger partial charge in [0, 0.05) is 16.4 Å². The number of aliphatic hydroxyl groups is 1. The first-order valence-electron chi connectivity index (χ1n) is 6.26. The van der Waals surface area contributed by atoms with E-state index in [1.165, 1.54) is 16.5 Å². The monoisotopic (exact) mass is 262 g/mol. The molecule has 2 aromatic rings. The van der Waals surface area contributed by atoms with Gasteiger partial charge in [-0.25, -0.2) is 4.39 Å². The molecule has 1 aromatic heterocycles. The molecule has 0 amide bonds. The van der Waals surface area contributed by atoms with Crippen molar-refractivity contribution in [3.8, 4) is 0 Å². The molecule has 94 valence electrons. The molecule has 1 nitrogen and oxygen atoms in total. The molecule has 1 heterocycles. The van der Waals surface area contributed by atoms with Crippen LogP contribution in [-0.4, -0.2) is 5.11 Å². The van der Waals surface area contributed by atoms with Crippen LogP contribution in [0.15, 0.2) is 35.7 Å². The van der Waals surface area contributed by atoms with Gasteiger partial charge in [-0.3, -0.25) is 0 Å². The number of halogens is 1. The SMILES string of the molecule is OC(c1ccccc1F)C1CCCc2sccc21. The van der Waals surface area contributed by atoms with E-state index in [-0.39, 0.29) is 11.7 Å². The number of thiophene rings is 1. The van der Waals surface area contributed by atoms with Crippen molar-refractivity contribution in [2.75, 3.05) is 0 Å². The molecule has 2 atom stereocenters. The Labute approximate surface area is 110 Å². The van der Waals surface area contributed by atoms with E-state index in [0.717, 1.165) is 19.3 Å². The number of aryl methyl sites for hydroxylation is 1. The molecule has 1 aliphatic rings. The van der Waals surface area contributed by atoms with Crippen molar-refractivity contribution in [2.45, 2.75) is 31.3 Å². The number of fused-ring (bicyclic) bond motifs is 1. The minimum atomic E-state index is -0.736. The van der Waals surface area contributed by atoms with E-state index < -0.39 is 6.10 Å². The summed E-state index contributed by atoms with van der Waals surface area (Å²) in [6.07, 6.45) is 2.36. The number of hydrogen-bond donors (Lipinski definition) is 1. The quantitative estimate of drug-likeness (QED) is 0.866.